The molecule has 0 radical (unpaired) electrons. The van der Waals surface area contributed by atoms with Crippen LogP contribution < -0.4 is 0 Å². The first-order valence-electron chi connectivity index (χ1n) is 6.38. The van der Waals surface area contributed by atoms with Crippen LogP contribution in [0.4, 0.5) is 0 Å². The zero-order chi connectivity index (χ0) is 11.7. The lowest BCUT2D eigenvalue weighted by Crippen LogP contribution is -2.48. The van der Waals surface area contributed by atoms with Crippen molar-refractivity contribution in [2.45, 2.75) is 25.2 Å². The molecule has 2 aliphatic rings. The van der Waals surface area contributed by atoms with Gasteiger partial charge in [0.25, 0.3) is 0 Å². The average molecular weight is 236 g/mol. The smallest absolute Gasteiger partial charge is 0.181 e. The third kappa shape index (κ3) is 2.25. The second-order valence-electron chi connectivity index (χ2n) is 5.03. The van der Waals surface area contributed by atoms with Gasteiger partial charge in [-0.15, -0.1) is 0 Å². The number of likely N-dealkylation sites (tertiary alicyclic amines) is 1. The third-order valence-corrected chi connectivity index (χ3v) is 3.75. The number of hydrogen-bond donors (Lipinski definition) is 0. The Morgan fingerprint density at radius 2 is 2.18 bits per heavy atom. The van der Waals surface area contributed by atoms with Gasteiger partial charge in [0.1, 0.15) is 0 Å². The predicted molar refractivity (Wildman–Crippen MR) is 64.6 cm³/mol. The van der Waals surface area contributed by atoms with Crippen molar-refractivity contribution in [2.75, 3.05) is 26.3 Å². The molecule has 3 heterocycles. The number of ether oxygens (including phenoxy) is 2. The highest BCUT2D eigenvalue weighted by atomic mass is 16.7. The number of piperidine rings is 1. The summed E-state index contributed by atoms with van der Waals surface area (Å²) in [4.78, 5) is 2.43. The van der Waals surface area contributed by atoms with Crippen LogP contribution in [-0.4, -0.2) is 41.6 Å². The van der Waals surface area contributed by atoms with E-state index < -0.39 is 0 Å². The van der Waals surface area contributed by atoms with Crippen molar-refractivity contribution in [1.82, 2.24) is 9.47 Å². The first-order valence-corrected chi connectivity index (χ1v) is 6.38. The summed E-state index contributed by atoms with van der Waals surface area (Å²) < 4.78 is 13.8. The van der Waals surface area contributed by atoms with Crippen molar-refractivity contribution >= 4 is 0 Å². The van der Waals surface area contributed by atoms with Gasteiger partial charge in [-0.1, -0.05) is 0 Å². The molecule has 2 saturated heterocycles. The van der Waals surface area contributed by atoms with Gasteiger partial charge < -0.3 is 14.0 Å². The topological polar surface area (TPSA) is 26.6 Å². The zero-order valence-electron chi connectivity index (χ0n) is 10.4. The van der Waals surface area contributed by atoms with E-state index in [2.05, 4.69) is 34.8 Å². The molecular formula is C13H20N2O2. The zero-order valence-corrected chi connectivity index (χ0v) is 10.4. The molecule has 3 rings (SSSR count). The van der Waals surface area contributed by atoms with E-state index in [0.29, 0.717) is 0 Å². The van der Waals surface area contributed by atoms with Crippen LogP contribution in [0.15, 0.2) is 18.3 Å². The summed E-state index contributed by atoms with van der Waals surface area (Å²) in [6.45, 7) is 4.52. The van der Waals surface area contributed by atoms with Gasteiger partial charge in [0, 0.05) is 31.9 Å². The molecule has 4 heteroatoms. The minimum Gasteiger partial charge on any atom is -0.353 e. The van der Waals surface area contributed by atoms with Gasteiger partial charge in [-0.3, -0.25) is 4.90 Å². The summed E-state index contributed by atoms with van der Waals surface area (Å²) in [7, 11) is 2.09. The maximum Gasteiger partial charge on any atom is 0.181 e. The van der Waals surface area contributed by atoms with Gasteiger partial charge >= 0.3 is 0 Å². The van der Waals surface area contributed by atoms with Crippen LogP contribution in [0.3, 0.4) is 0 Å². The molecule has 0 bridgehead atoms. The summed E-state index contributed by atoms with van der Waals surface area (Å²) in [5.41, 5.74) is 1.35. The Morgan fingerprint density at radius 3 is 2.88 bits per heavy atom. The van der Waals surface area contributed by atoms with Crippen molar-refractivity contribution in [1.29, 1.82) is 0 Å². The van der Waals surface area contributed by atoms with Crippen LogP contribution in [0.25, 0.3) is 0 Å². The Balaban J connectivity index is 1.66. The Morgan fingerprint density at radius 1 is 1.35 bits per heavy atom. The molecule has 0 saturated carbocycles. The summed E-state index contributed by atoms with van der Waals surface area (Å²) in [5, 5.41) is 0. The van der Waals surface area contributed by atoms with Gasteiger partial charge in [0.2, 0.25) is 0 Å². The number of aromatic nitrogens is 1. The molecule has 1 aromatic rings. The highest BCUT2D eigenvalue weighted by Gasteiger charge is 2.40. The SMILES string of the molecule is Cn1cccc1CN1CCCC2(C1)OCCO2. The summed E-state index contributed by atoms with van der Waals surface area (Å²) in [5.74, 6) is -0.302. The van der Waals surface area contributed by atoms with E-state index in [1.165, 1.54) is 5.69 Å². The maximum absolute atomic E-state index is 5.79. The third-order valence-electron chi connectivity index (χ3n) is 3.75. The van der Waals surface area contributed by atoms with Crippen LogP contribution in [0, 0.1) is 0 Å². The number of hydrogen-bond acceptors (Lipinski definition) is 3. The van der Waals surface area contributed by atoms with E-state index in [9.17, 15) is 0 Å². The molecule has 0 amide bonds. The molecule has 2 fully saturated rings. The highest BCUT2D eigenvalue weighted by Crippen LogP contribution is 2.30. The highest BCUT2D eigenvalue weighted by molar-refractivity contribution is 5.06. The van der Waals surface area contributed by atoms with E-state index in [1.807, 2.05) is 0 Å². The minimum atomic E-state index is -0.302. The summed E-state index contributed by atoms with van der Waals surface area (Å²) in [6, 6.07) is 4.27. The molecule has 1 aromatic heterocycles. The maximum atomic E-state index is 5.79. The quantitative estimate of drug-likeness (QED) is 0.776. The number of nitrogens with zero attached hydrogens (tertiary/aromatic N) is 2. The van der Waals surface area contributed by atoms with Crippen molar-refractivity contribution in [3.63, 3.8) is 0 Å². The standard InChI is InChI=1S/C13H20N2O2/c1-14-6-2-4-12(14)10-15-7-3-5-13(11-15)16-8-9-17-13/h2,4,6H,3,5,7-11H2,1H3. The van der Waals surface area contributed by atoms with E-state index >= 15 is 0 Å². The van der Waals surface area contributed by atoms with Crippen molar-refractivity contribution in [3.8, 4) is 0 Å². The number of aryl methyl sites for hydroxylation is 1. The molecule has 94 valence electrons. The molecule has 0 aromatic carbocycles. The molecule has 0 unspecified atom stereocenters. The van der Waals surface area contributed by atoms with Gasteiger partial charge in [-0.05, 0) is 25.1 Å². The second-order valence-corrected chi connectivity index (χ2v) is 5.03. The molecule has 17 heavy (non-hydrogen) atoms. The minimum absolute atomic E-state index is 0.302. The molecule has 4 nitrogen and oxygen atoms in total. The largest absolute Gasteiger partial charge is 0.353 e. The first-order chi connectivity index (χ1) is 8.27. The fourth-order valence-electron chi connectivity index (χ4n) is 2.83. The lowest BCUT2D eigenvalue weighted by molar-refractivity contribution is -0.190. The van der Waals surface area contributed by atoms with E-state index in [-0.39, 0.29) is 5.79 Å². The van der Waals surface area contributed by atoms with Crippen molar-refractivity contribution in [3.05, 3.63) is 24.0 Å². The van der Waals surface area contributed by atoms with Crippen LogP contribution in [0.1, 0.15) is 18.5 Å². The van der Waals surface area contributed by atoms with Crippen molar-refractivity contribution < 1.29 is 9.47 Å². The van der Waals surface area contributed by atoms with Crippen LogP contribution in [-0.2, 0) is 23.1 Å². The number of rotatable bonds is 2. The van der Waals surface area contributed by atoms with Crippen LogP contribution in [0.2, 0.25) is 0 Å². The second kappa shape index (κ2) is 4.44. The lowest BCUT2D eigenvalue weighted by Gasteiger charge is -2.38. The molecule has 1 spiro atoms. The predicted octanol–water partition coefficient (Wildman–Crippen LogP) is 1.36. The first kappa shape index (κ1) is 11.3. The molecule has 2 aliphatic heterocycles. The van der Waals surface area contributed by atoms with Gasteiger partial charge in [-0.2, -0.15) is 0 Å². The van der Waals surface area contributed by atoms with Gasteiger partial charge in [0.05, 0.1) is 19.8 Å². The van der Waals surface area contributed by atoms with E-state index in [4.69, 9.17) is 9.47 Å². The lowest BCUT2D eigenvalue weighted by atomic mass is 10.0. The van der Waals surface area contributed by atoms with Crippen LogP contribution in [0.5, 0.6) is 0 Å². The molecule has 0 N–H and O–H groups in total. The average Bonchev–Trinajstić information content (AvgIpc) is 2.91. The van der Waals surface area contributed by atoms with Gasteiger partial charge in [-0.25, -0.2) is 0 Å². The van der Waals surface area contributed by atoms with Crippen molar-refractivity contribution in [2.24, 2.45) is 7.05 Å². The van der Waals surface area contributed by atoms with Crippen LogP contribution >= 0.6 is 0 Å². The fraction of sp³-hybridized carbons (Fsp3) is 0.692. The Labute approximate surface area is 102 Å². The van der Waals surface area contributed by atoms with E-state index in [0.717, 1.165) is 45.7 Å². The Kier molecular flexibility index (Phi) is 2.94. The summed E-state index contributed by atoms with van der Waals surface area (Å²) in [6.07, 6.45) is 4.29. The normalized spacial score (nSPS) is 24.5. The molecule has 0 aliphatic carbocycles. The molecular weight excluding hydrogens is 216 g/mol. The Hall–Kier alpha value is -0.840. The van der Waals surface area contributed by atoms with Gasteiger partial charge in [0.15, 0.2) is 5.79 Å². The monoisotopic (exact) mass is 236 g/mol. The summed E-state index contributed by atoms with van der Waals surface area (Å²) >= 11 is 0. The molecule has 0 atom stereocenters. The fourth-order valence-corrected chi connectivity index (χ4v) is 2.83. The van der Waals surface area contributed by atoms with E-state index in [1.54, 1.807) is 0 Å². The Bertz CT molecular complexity index is 383.